The Morgan fingerprint density at radius 2 is 1.93 bits per heavy atom. The van der Waals surface area contributed by atoms with Crippen LogP contribution in [-0.4, -0.2) is 51.3 Å². The first kappa shape index (κ1) is 21.2. The van der Waals surface area contributed by atoms with Crippen LogP contribution in [0.4, 0.5) is 10.5 Å². The van der Waals surface area contributed by atoms with E-state index in [0.717, 1.165) is 48.7 Å². The molecule has 2 aliphatic rings. The topological polar surface area (TPSA) is 69.7 Å². The maximum Gasteiger partial charge on any atom is 0.322 e. The number of rotatable bonds is 4. The molecule has 0 spiro atoms. The molecule has 0 radical (unpaired) electrons. The average molecular weight is 448 g/mol. The first-order chi connectivity index (χ1) is 14.3. The van der Waals surface area contributed by atoms with E-state index in [4.69, 9.17) is 11.6 Å². The summed E-state index contributed by atoms with van der Waals surface area (Å²) in [4.78, 5) is 17.3. The molecule has 2 aliphatic heterocycles. The molecule has 1 N–H and O–H groups in total. The number of amides is 2. The Balaban J connectivity index is 1.38. The number of carbonyl (C=O) groups excluding carboxylic acids is 1. The third-order valence-corrected chi connectivity index (χ3v) is 7.13. The second kappa shape index (κ2) is 8.57. The number of benzene rings is 2. The first-order valence-electron chi connectivity index (χ1n) is 10.2. The second-order valence-electron chi connectivity index (χ2n) is 8.11. The summed E-state index contributed by atoms with van der Waals surface area (Å²) < 4.78 is 23.6. The molecule has 4 rings (SSSR count). The van der Waals surface area contributed by atoms with E-state index >= 15 is 0 Å². The predicted octanol–water partition coefficient (Wildman–Crippen LogP) is 3.48. The van der Waals surface area contributed by atoms with E-state index < -0.39 is 9.84 Å². The van der Waals surface area contributed by atoms with Crippen molar-refractivity contribution in [1.82, 2.24) is 10.2 Å². The van der Waals surface area contributed by atoms with Crippen molar-refractivity contribution in [2.75, 3.05) is 30.8 Å². The zero-order chi connectivity index (χ0) is 21.3. The van der Waals surface area contributed by atoms with Crippen LogP contribution in [0.25, 0.3) is 0 Å². The highest BCUT2D eigenvalue weighted by Gasteiger charge is 2.29. The van der Waals surface area contributed by atoms with Gasteiger partial charge in [-0.3, -0.25) is 9.80 Å². The Morgan fingerprint density at radius 3 is 2.67 bits per heavy atom. The van der Waals surface area contributed by atoms with E-state index in [2.05, 4.69) is 10.2 Å². The van der Waals surface area contributed by atoms with E-state index in [1.54, 1.807) is 23.1 Å². The number of carbonyl (C=O) groups is 1. The number of nitrogens with zero attached hydrogens (tertiary/aromatic N) is 2. The molecule has 160 valence electrons. The van der Waals surface area contributed by atoms with Crippen molar-refractivity contribution in [1.29, 1.82) is 0 Å². The van der Waals surface area contributed by atoms with Gasteiger partial charge in [-0.2, -0.15) is 0 Å². The summed E-state index contributed by atoms with van der Waals surface area (Å²) in [6.07, 6.45) is 3.86. The van der Waals surface area contributed by atoms with Gasteiger partial charge in [0.1, 0.15) is 0 Å². The minimum atomic E-state index is -3.25. The standard InChI is InChI=1S/C22H26ClN3O3S/c1-30(28,29)20-8-9-21-17(13-20)10-12-26(21)22(27)24-19-3-2-11-25(15-19)14-16-4-6-18(23)7-5-16/h4-9,13,19H,2-3,10-12,14-15H2,1H3,(H,24,27). The SMILES string of the molecule is CS(=O)(=O)c1ccc2c(c1)CCN2C(=O)NC1CCCN(Cc2ccc(Cl)cc2)C1. The highest BCUT2D eigenvalue weighted by atomic mass is 35.5. The molecule has 1 atom stereocenters. The van der Waals surface area contributed by atoms with Gasteiger partial charge in [0, 0.05) is 42.6 Å². The predicted molar refractivity (Wildman–Crippen MR) is 119 cm³/mol. The number of hydrogen-bond acceptors (Lipinski definition) is 4. The molecule has 1 saturated heterocycles. The highest BCUT2D eigenvalue weighted by Crippen LogP contribution is 2.30. The molecule has 1 fully saturated rings. The molecule has 2 aromatic rings. The molecule has 8 heteroatoms. The number of sulfone groups is 1. The quantitative estimate of drug-likeness (QED) is 0.779. The number of anilines is 1. The molecule has 30 heavy (non-hydrogen) atoms. The molecule has 6 nitrogen and oxygen atoms in total. The molecule has 2 amide bonds. The Morgan fingerprint density at radius 1 is 1.17 bits per heavy atom. The normalized spacial score (nSPS) is 19.5. The molecule has 2 aromatic carbocycles. The highest BCUT2D eigenvalue weighted by molar-refractivity contribution is 7.90. The lowest BCUT2D eigenvalue weighted by Gasteiger charge is -2.34. The van der Waals surface area contributed by atoms with Crippen LogP contribution in [-0.2, 0) is 22.8 Å². The molecule has 0 aromatic heterocycles. The van der Waals surface area contributed by atoms with Crippen LogP contribution in [0.2, 0.25) is 5.02 Å². The summed E-state index contributed by atoms with van der Waals surface area (Å²) in [5.74, 6) is 0. The number of urea groups is 1. The monoisotopic (exact) mass is 447 g/mol. The van der Waals surface area contributed by atoms with Gasteiger partial charge in [0.15, 0.2) is 9.84 Å². The van der Waals surface area contributed by atoms with Gasteiger partial charge in [0.2, 0.25) is 0 Å². The Labute approximate surface area is 182 Å². The maximum absolute atomic E-state index is 12.9. The fourth-order valence-electron chi connectivity index (χ4n) is 4.24. The smallest absolute Gasteiger partial charge is 0.322 e. The van der Waals surface area contributed by atoms with Crippen molar-refractivity contribution >= 4 is 33.2 Å². The van der Waals surface area contributed by atoms with E-state index in [0.29, 0.717) is 17.9 Å². The summed E-state index contributed by atoms with van der Waals surface area (Å²) in [6, 6.07) is 12.9. The molecular formula is C22H26ClN3O3S. The van der Waals surface area contributed by atoms with Crippen molar-refractivity contribution in [3.8, 4) is 0 Å². The molecule has 0 saturated carbocycles. The van der Waals surface area contributed by atoms with E-state index in [9.17, 15) is 13.2 Å². The number of likely N-dealkylation sites (tertiary alicyclic amines) is 1. The second-order valence-corrected chi connectivity index (χ2v) is 10.6. The van der Waals surface area contributed by atoms with Gasteiger partial charge >= 0.3 is 6.03 Å². The number of nitrogens with one attached hydrogen (secondary N) is 1. The minimum absolute atomic E-state index is 0.0953. The number of hydrogen-bond donors (Lipinski definition) is 1. The summed E-state index contributed by atoms with van der Waals surface area (Å²) in [5, 5.41) is 3.91. The van der Waals surface area contributed by atoms with Gasteiger partial charge in [-0.05, 0) is 67.3 Å². The van der Waals surface area contributed by atoms with Gasteiger partial charge in [-0.1, -0.05) is 23.7 Å². The first-order valence-corrected chi connectivity index (χ1v) is 12.4. The van der Waals surface area contributed by atoms with Crippen LogP contribution in [0, 0.1) is 0 Å². The Kier molecular flexibility index (Phi) is 6.04. The summed E-state index contributed by atoms with van der Waals surface area (Å²) in [5.41, 5.74) is 2.91. The van der Waals surface area contributed by atoms with Crippen molar-refractivity contribution < 1.29 is 13.2 Å². The number of fused-ring (bicyclic) bond motifs is 1. The fraction of sp³-hybridized carbons (Fsp3) is 0.409. The Hall–Kier alpha value is -2.09. The van der Waals surface area contributed by atoms with Gasteiger partial charge in [0.25, 0.3) is 0 Å². The lowest BCUT2D eigenvalue weighted by Crippen LogP contribution is -2.51. The maximum atomic E-state index is 12.9. The van der Waals surface area contributed by atoms with Crippen LogP contribution in [0.15, 0.2) is 47.4 Å². The Bertz CT molecular complexity index is 1040. The van der Waals surface area contributed by atoms with E-state index in [-0.39, 0.29) is 12.1 Å². The molecule has 1 unspecified atom stereocenters. The third kappa shape index (κ3) is 4.79. The van der Waals surface area contributed by atoms with Crippen LogP contribution < -0.4 is 10.2 Å². The molecule has 0 bridgehead atoms. The van der Waals surface area contributed by atoms with Crippen molar-refractivity contribution in [2.24, 2.45) is 0 Å². The van der Waals surface area contributed by atoms with E-state index in [1.165, 1.54) is 11.8 Å². The fourth-order valence-corrected chi connectivity index (χ4v) is 5.03. The largest absolute Gasteiger partial charge is 0.334 e. The molecule has 2 heterocycles. The van der Waals surface area contributed by atoms with Gasteiger partial charge in [0.05, 0.1) is 4.90 Å². The van der Waals surface area contributed by atoms with E-state index in [1.807, 2.05) is 24.3 Å². The lowest BCUT2D eigenvalue weighted by molar-refractivity contribution is 0.182. The van der Waals surface area contributed by atoms with Gasteiger partial charge in [-0.15, -0.1) is 0 Å². The minimum Gasteiger partial charge on any atom is -0.334 e. The molecule has 0 aliphatic carbocycles. The van der Waals surface area contributed by atoms with Crippen LogP contribution in [0.1, 0.15) is 24.0 Å². The van der Waals surface area contributed by atoms with Gasteiger partial charge < -0.3 is 5.32 Å². The zero-order valence-corrected chi connectivity index (χ0v) is 18.5. The van der Waals surface area contributed by atoms with Crippen LogP contribution >= 0.6 is 11.6 Å². The number of halogens is 1. The summed E-state index contributed by atoms with van der Waals surface area (Å²) in [7, 11) is -3.25. The molecular weight excluding hydrogens is 422 g/mol. The zero-order valence-electron chi connectivity index (χ0n) is 17.0. The third-order valence-electron chi connectivity index (χ3n) is 5.77. The van der Waals surface area contributed by atoms with Crippen molar-refractivity contribution in [3.05, 3.63) is 58.6 Å². The van der Waals surface area contributed by atoms with Crippen LogP contribution in [0.5, 0.6) is 0 Å². The van der Waals surface area contributed by atoms with Crippen molar-refractivity contribution in [2.45, 2.75) is 36.7 Å². The van der Waals surface area contributed by atoms with Crippen LogP contribution in [0.3, 0.4) is 0 Å². The summed E-state index contributed by atoms with van der Waals surface area (Å²) >= 11 is 5.97. The number of piperidine rings is 1. The summed E-state index contributed by atoms with van der Waals surface area (Å²) in [6.45, 7) is 3.22. The van der Waals surface area contributed by atoms with Gasteiger partial charge in [-0.25, -0.2) is 13.2 Å². The van der Waals surface area contributed by atoms with Crippen molar-refractivity contribution in [3.63, 3.8) is 0 Å². The average Bonchev–Trinajstić information content (AvgIpc) is 3.13. The lowest BCUT2D eigenvalue weighted by atomic mass is 10.0.